The fraction of sp³-hybridized carbons (Fsp3) is 0.200. The van der Waals surface area contributed by atoms with E-state index in [9.17, 15) is 14.0 Å². The molecule has 0 atom stereocenters. The van der Waals surface area contributed by atoms with Gasteiger partial charge in [0, 0.05) is 13.8 Å². The molecule has 134 valence electrons. The third-order valence-electron chi connectivity index (χ3n) is 3.68. The molecule has 3 rings (SSSR count). The van der Waals surface area contributed by atoms with Gasteiger partial charge >= 0.3 is 11.9 Å². The smallest absolute Gasteiger partial charge is 0.348 e. The quantitative estimate of drug-likeness (QED) is 0.476. The summed E-state index contributed by atoms with van der Waals surface area (Å²) in [7, 11) is 0. The van der Waals surface area contributed by atoms with Gasteiger partial charge in [-0.2, -0.15) is 0 Å². The van der Waals surface area contributed by atoms with E-state index in [0.717, 1.165) is 5.56 Å². The molecule has 1 saturated heterocycles. The Kier molecular flexibility index (Phi) is 4.75. The van der Waals surface area contributed by atoms with E-state index in [4.69, 9.17) is 14.2 Å². The second-order valence-corrected chi connectivity index (χ2v) is 6.18. The Balaban J connectivity index is 1.82. The van der Waals surface area contributed by atoms with Crippen LogP contribution in [0.1, 0.15) is 25.0 Å². The molecule has 0 aromatic heterocycles. The van der Waals surface area contributed by atoms with Crippen LogP contribution in [0.25, 0.3) is 6.08 Å². The van der Waals surface area contributed by atoms with Crippen molar-refractivity contribution in [2.45, 2.75) is 26.2 Å². The Morgan fingerprint density at radius 2 is 1.62 bits per heavy atom. The molecule has 5 nitrogen and oxygen atoms in total. The topological polar surface area (TPSA) is 61.8 Å². The summed E-state index contributed by atoms with van der Waals surface area (Å²) < 4.78 is 28.8. The van der Waals surface area contributed by atoms with Gasteiger partial charge in [-0.3, -0.25) is 0 Å². The molecule has 2 aromatic rings. The van der Waals surface area contributed by atoms with E-state index in [1.54, 1.807) is 18.2 Å². The average Bonchev–Trinajstić information content (AvgIpc) is 2.58. The number of hydrogen-bond acceptors (Lipinski definition) is 5. The van der Waals surface area contributed by atoms with Crippen molar-refractivity contribution in [3.8, 4) is 5.75 Å². The second kappa shape index (κ2) is 7.00. The van der Waals surface area contributed by atoms with Crippen molar-refractivity contribution in [1.82, 2.24) is 0 Å². The molecule has 0 saturated carbocycles. The monoisotopic (exact) mass is 356 g/mol. The number of carbonyl (C=O) groups is 2. The van der Waals surface area contributed by atoms with Gasteiger partial charge in [0.25, 0.3) is 5.79 Å². The molecule has 1 aliphatic heterocycles. The van der Waals surface area contributed by atoms with E-state index >= 15 is 0 Å². The predicted octanol–water partition coefficient (Wildman–Crippen LogP) is 3.62. The number of esters is 2. The van der Waals surface area contributed by atoms with Gasteiger partial charge < -0.3 is 14.2 Å². The zero-order valence-electron chi connectivity index (χ0n) is 14.3. The first-order chi connectivity index (χ1) is 12.3. The maximum atomic E-state index is 13.0. The van der Waals surface area contributed by atoms with Crippen LogP contribution in [-0.2, 0) is 25.7 Å². The van der Waals surface area contributed by atoms with Crippen molar-refractivity contribution in [3.63, 3.8) is 0 Å². The van der Waals surface area contributed by atoms with Crippen molar-refractivity contribution in [3.05, 3.63) is 71.0 Å². The lowest BCUT2D eigenvalue weighted by Gasteiger charge is -2.29. The van der Waals surface area contributed by atoms with E-state index < -0.39 is 17.7 Å². The highest BCUT2D eigenvalue weighted by atomic mass is 19.1. The summed E-state index contributed by atoms with van der Waals surface area (Å²) in [5.74, 6) is -2.59. The molecule has 1 aliphatic rings. The largest absolute Gasteiger partial charge is 0.489 e. The standard InChI is InChI=1S/C20H17FO5/c1-20(2)25-18(22)17(19(23)26-20)11-13-5-3-4-6-14(13)12-24-16-9-7-15(21)8-10-16/h3-11H,12H2,1-2H3. The summed E-state index contributed by atoms with van der Waals surface area (Å²) in [4.78, 5) is 24.2. The van der Waals surface area contributed by atoms with Crippen molar-refractivity contribution < 1.29 is 28.2 Å². The molecule has 0 amide bonds. The third kappa shape index (κ3) is 4.08. The summed E-state index contributed by atoms with van der Waals surface area (Å²) >= 11 is 0. The van der Waals surface area contributed by atoms with Crippen LogP contribution in [0.15, 0.2) is 54.1 Å². The van der Waals surface area contributed by atoms with Crippen LogP contribution in [-0.4, -0.2) is 17.7 Å². The van der Waals surface area contributed by atoms with Crippen LogP contribution in [0.4, 0.5) is 4.39 Å². The molecular formula is C20H17FO5. The molecule has 26 heavy (non-hydrogen) atoms. The zero-order valence-corrected chi connectivity index (χ0v) is 14.3. The fourth-order valence-electron chi connectivity index (χ4n) is 2.43. The zero-order chi connectivity index (χ0) is 18.7. The molecule has 0 radical (unpaired) electrons. The molecule has 0 N–H and O–H groups in total. The SMILES string of the molecule is CC1(C)OC(=O)C(=Cc2ccccc2COc2ccc(F)cc2)C(=O)O1. The minimum atomic E-state index is -1.28. The molecule has 0 spiro atoms. The van der Waals surface area contributed by atoms with Gasteiger partial charge in [-0.05, 0) is 41.5 Å². The summed E-state index contributed by atoms with van der Waals surface area (Å²) in [5, 5.41) is 0. The van der Waals surface area contributed by atoms with E-state index in [2.05, 4.69) is 0 Å². The Hall–Kier alpha value is -3.15. The highest BCUT2D eigenvalue weighted by molar-refractivity contribution is 6.18. The molecule has 2 aromatic carbocycles. The molecular weight excluding hydrogens is 339 g/mol. The third-order valence-corrected chi connectivity index (χ3v) is 3.68. The summed E-state index contributed by atoms with van der Waals surface area (Å²) in [6.45, 7) is 3.16. The Morgan fingerprint density at radius 3 is 2.27 bits per heavy atom. The van der Waals surface area contributed by atoms with E-state index in [1.165, 1.54) is 44.2 Å². The molecule has 0 aliphatic carbocycles. The highest BCUT2D eigenvalue weighted by Gasteiger charge is 2.38. The average molecular weight is 356 g/mol. The van der Waals surface area contributed by atoms with Gasteiger partial charge in [0.1, 0.15) is 23.7 Å². The number of hydrogen-bond donors (Lipinski definition) is 0. The molecule has 1 heterocycles. The summed E-state index contributed by atoms with van der Waals surface area (Å²) in [6.07, 6.45) is 1.42. The van der Waals surface area contributed by atoms with Crippen LogP contribution < -0.4 is 4.74 Å². The first-order valence-electron chi connectivity index (χ1n) is 7.99. The van der Waals surface area contributed by atoms with Crippen molar-refractivity contribution in [2.75, 3.05) is 0 Å². The molecule has 1 fully saturated rings. The molecule has 0 unspecified atom stereocenters. The maximum absolute atomic E-state index is 13.0. The number of rotatable bonds is 4. The molecule has 6 heteroatoms. The van der Waals surface area contributed by atoms with Gasteiger partial charge in [-0.25, -0.2) is 14.0 Å². The molecule has 0 bridgehead atoms. The summed E-state index contributed by atoms with van der Waals surface area (Å²) in [5.41, 5.74) is 1.19. The van der Waals surface area contributed by atoms with Crippen molar-refractivity contribution >= 4 is 18.0 Å². The lowest BCUT2D eigenvalue weighted by atomic mass is 10.0. The lowest BCUT2D eigenvalue weighted by molar-refractivity contribution is -0.222. The van der Waals surface area contributed by atoms with Crippen molar-refractivity contribution in [1.29, 1.82) is 0 Å². The van der Waals surface area contributed by atoms with E-state index in [0.29, 0.717) is 11.3 Å². The first-order valence-corrected chi connectivity index (χ1v) is 7.99. The second-order valence-electron chi connectivity index (χ2n) is 6.18. The number of ether oxygens (including phenoxy) is 3. The van der Waals surface area contributed by atoms with Crippen LogP contribution in [0, 0.1) is 5.82 Å². The van der Waals surface area contributed by atoms with Crippen LogP contribution in [0.5, 0.6) is 5.75 Å². The number of halogens is 1. The number of cyclic esters (lactones) is 2. The number of benzene rings is 2. The first kappa shape index (κ1) is 17.7. The van der Waals surface area contributed by atoms with Gasteiger partial charge in [0.2, 0.25) is 0 Å². The Morgan fingerprint density at radius 1 is 1.00 bits per heavy atom. The summed E-state index contributed by atoms with van der Waals surface area (Å²) in [6, 6.07) is 12.8. The Labute approximate surface area is 150 Å². The van der Waals surface area contributed by atoms with Gasteiger partial charge in [-0.1, -0.05) is 24.3 Å². The normalized spacial score (nSPS) is 15.9. The number of carbonyl (C=O) groups excluding carboxylic acids is 2. The van der Waals surface area contributed by atoms with Crippen LogP contribution >= 0.6 is 0 Å². The highest BCUT2D eigenvalue weighted by Crippen LogP contribution is 2.25. The maximum Gasteiger partial charge on any atom is 0.348 e. The van der Waals surface area contributed by atoms with Gasteiger partial charge in [0.05, 0.1) is 0 Å². The van der Waals surface area contributed by atoms with Gasteiger partial charge in [-0.15, -0.1) is 0 Å². The van der Waals surface area contributed by atoms with Crippen LogP contribution in [0.3, 0.4) is 0 Å². The van der Waals surface area contributed by atoms with Gasteiger partial charge in [0.15, 0.2) is 0 Å². The minimum absolute atomic E-state index is 0.182. The van der Waals surface area contributed by atoms with E-state index in [-0.39, 0.29) is 18.0 Å². The fourth-order valence-corrected chi connectivity index (χ4v) is 2.43. The van der Waals surface area contributed by atoms with Crippen molar-refractivity contribution in [2.24, 2.45) is 0 Å². The van der Waals surface area contributed by atoms with Crippen LogP contribution in [0.2, 0.25) is 0 Å². The van der Waals surface area contributed by atoms with E-state index in [1.807, 2.05) is 6.07 Å². The Bertz CT molecular complexity index is 846. The predicted molar refractivity (Wildman–Crippen MR) is 91.4 cm³/mol. The lowest BCUT2D eigenvalue weighted by Crippen LogP contribution is -2.41. The minimum Gasteiger partial charge on any atom is -0.489 e.